The summed E-state index contributed by atoms with van der Waals surface area (Å²) in [5.74, 6) is -2.03. The predicted octanol–water partition coefficient (Wildman–Crippen LogP) is 3.86. The number of aliphatic carboxylic acids is 1. The number of amides is 1. The fourth-order valence-electron chi connectivity index (χ4n) is 3.96. The number of ether oxygens (including phenoxy) is 3. The van der Waals surface area contributed by atoms with Crippen LogP contribution in [0, 0.1) is 11.7 Å². The molecule has 0 aliphatic rings. The number of hydrogen-bond donors (Lipinski definition) is 2. The van der Waals surface area contributed by atoms with Crippen LogP contribution < -0.4 is 14.8 Å². The summed E-state index contributed by atoms with van der Waals surface area (Å²) in [6, 6.07) is 11.4. The number of carbonyl (C=O) groups excluding carboxylic acids is 2. The number of benzene rings is 2. The number of hydrogen-bond acceptors (Lipinski definition) is 7. The Morgan fingerprint density at radius 2 is 1.79 bits per heavy atom. The number of nitrogens with zero attached hydrogens (tertiary/aromatic N) is 2. The summed E-state index contributed by atoms with van der Waals surface area (Å²) in [4.78, 5) is 36.3. The average Bonchev–Trinajstić information content (AvgIpc) is 3.31. The van der Waals surface area contributed by atoms with Crippen LogP contribution in [-0.4, -0.2) is 59.6 Å². The molecule has 1 unspecified atom stereocenters. The third-order valence-corrected chi connectivity index (χ3v) is 5.54. The fourth-order valence-corrected chi connectivity index (χ4v) is 3.96. The minimum Gasteiger partial charge on any atom is -0.496 e. The molecule has 2 N–H and O–H groups in total. The molecule has 10 nitrogen and oxygen atoms in total. The second-order valence-electron chi connectivity index (χ2n) is 8.90. The molecule has 0 radical (unpaired) electrons. The van der Waals surface area contributed by atoms with Crippen molar-refractivity contribution in [2.45, 2.75) is 32.7 Å². The lowest BCUT2D eigenvalue weighted by molar-refractivity contribution is -0.143. The second kappa shape index (κ2) is 12.7. The van der Waals surface area contributed by atoms with Crippen LogP contribution in [0.3, 0.4) is 0 Å². The molecule has 0 aliphatic carbocycles. The molecule has 2 aromatic carbocycles. The lowest BCUT2D eigenvalue weighted by Gasteiger charge is -2.18. The highest BCUT2D eigenvalue weighted by Crippen LogP contribution is 2.40. The van der Waals surface area contributed by atoms with Crippen molar-refractivity contribution in [1.82, 2.24) is 15.1 Å². The Morgan fingerprint density at radius 1 is 1.08 bits per heavy atom. The number of methoxy groups -OCH3 is 2. The second-order valence-corrected chi connectivity index (χ2v) is 8.90. The molecule has 3 rings (SSSR count). The van der Waals surface area contributed by atoms with E-state index in [0.29, 0.717) is 29.1 Å². The molecular formula is C27H30FN3O7. The molecule has 0 fully saturated rings. The maximum atomic E-state index is 14.2. The number of rotatable bonds is 12. The van der Waals surface area contributed by atoms with Gasteiger partial charge in [0.25, 0.3) is 5.91 Å². The Kier molecular flexibility index (Phi) is 9.42. The van der Waals surface area contributed by atoms with E-state index in [1.54, 1.807) is 24.3 Å². The van der Waals surface area contributed by atoms with E-state index in [0.717, 1.165) is 0 Å². The first kappa shape index (κ1) is 28.2. The maximum absolute atomic E-state index is 14.2. The van der Waals surface area contributed by atoms with Gasteiger partial charge in [0.15, 0.2) is 12.3 Å². The summed E-state index contributed by atoms with van der Waals surface area (Å²) < 4.78 is 31.4. The summed E-state index contributed by atoms with van der Waals surface area (Å²) in [5.41, 5.74) is 0.956. The molecule has 38 heavy (non-hydrogen) atoms. The largest absolute Gasteiger partial charge is 0.496 e. The molecule has 1 heterocycles. The Hall–Kier alpha value is -4.41. The Balaban J connectivity index is 2.13. The first-order valence-electron chi connectivity index (χ1n) is 11.9. The van der Waals surface area contributed by atoms with Gasteiger partial charge in [-0.3, -0.25) is 9.59 Å². The van der Waals surface area contributed by atoms with E-state index < -0.39 is 29.7 Å². The van der Waals surface area contributed by atoms with Crippen molar-refractivity contribution in [1.29, 1.82) is 0 Å². The minimum atomic E-state index is -1.04. The number of nitrogens with one attached hydrogen (secondary N) is 1. The topological polar surface area (TPSA) is 129 Å². The van der Waals surface area contributed by atoms with Crippen molar-refractivity contribution < 1.29 is 38.1 Å². The van der Waals surface area contributed by atoms with Crippen LogP contribution in [0.5, 0.6) is 11.5 Å². The smallest absolute Gasteiger partial charge is 0.343 e. The highest BCUT2D eigenvalue weighted by atomic mass is 19.1. The van der Waals surface area contributed by atoms with Crippen molar-refractivity contribution in [3.63, 3.8) is 0 Å². The molecule has 3 aromatic rings. The normalized spacial score (nSPS) is 11.6. The van der Waals surface area contributed by atoms with Gasteiger partial charge in [-0.2, -0.15) is 5.10 Å². The molecule has 1 aromatic heterocycles. The number of aromatic nitrogens is 2. The number of halogens is 1. The van der Waals surface area contributed by atoms with Gasteiger partial charge in [-0.25, -0.2) is 13.9 Å². The van der Waals surface area contributed by atoms with Gasteiger partial charge in [-0.15, -0.1) is 0 Å². The highest BCUT2D eigenvalue weighted by molar-refractivity contribution is 5.94. The predicted molar refractivity (Wildman–Crippen MR) is 136 cm³/mol. The lowest BCUT2D eigenvalue weighted by atomic mass is 10.0. The monoisotopic (exact) mass is 527 g/mol. The van der Waals surface area contributed by atoms with E-state index in [4.69, 9.17) is 9.47 Å². The van der Waals surface area contributed by atoms with E-state index in [2.05, 4.69) is 15.2 Å². The number of carbonyl (C=O) groups is 3. The molecule has 0 aliphatic heterocycles. The van der Waals surface area contributed by atoms with E-state index in [-0.39, 0.29) is 30.4 Å². The highest BCUT2D eigenvalue weighted by Gasteiger charge is 2.25. The van der Waals surface area contributed by atoms with Gasteiger partial charge in [0.2, 0.25) is 0 Å². The van der Waals surface area contributed by atoms with Crippen LogP contribution in [0.4, 0.5) is 4.39 Å². The summed E-state index contributed by atoms with van der Waals surface area (Å²) in [6.07, 6.45) is 0.201. The molecule has 1 amide bonds. The fraction of sp³-hybridized carbons (Fsp3) is 0.333. The average molecular weight is 528 g/mol. The third kappa shape index (κ3) is 7.09. The van der Waals surface area contributed by atoms with E-state index in [9.17, 15) is 23.9 Å². The van der Waals surface area contributed by atoms with Crippen molar-refractivity contribution in [3.05, 3.63) is 60.0 Å². The summed E-state index contributed by atoms with van der Waals surface area (Å²) >= 11 is 0. The van der Waals surface area contributed by atoms with Gasteiger partial charge in [0.1, 0.15) is 17.3 Å². The summed E-state index contributed by atoms with van der Waals surface area (Å²) in [6.45, 7) is 3.47. The van der Waals surface area contributed by atoms with Crippen molar-refractivity contribution >= 4 is 17.8 Å². The molecular weight excluding hydrogens is 497 g/mol. The zero-order valence-electron chi connectivity index (χ0n) is 21.6. The quantitative estimate of drug-likeness (QED) is 0.340. The molecule has 0 saturated carbocycles. The molecule has 0 spiro atoms. The Bertz CT molecular complexity index is 1310. The van der Waals surface area contributed by atoms with Gasteiger partial charge < -0.3 is 24.6 Å². The van der Waals surface area contributed by atoms with Crippen LogP contribution in [0.15, 0.2) is 48.5 Å². The number of carboxylic acids is 1. The van der Waals surface area contributed by atoms with Gasteiger partial charge in [0.05, 0.1) is 37.6 Å². The van der Waals surface area contributed by atoms with Crippen molar-refractivity contribution in [2.24, 2.45) is 5.92 Å². The van der Waals surface area contributed by atoms with Crippen LogP contribution in [0.25, 0.3) is 16.9 Å². The minimum absolute atomic E-state index is 0.0340. The van der Waals surface area contributed by atoms with Gasteiger partial charge in [0, 0.05) is 6.04 Å². The molecule has 11 heteroatoms. The van der Waals surface area contributed by atoms with E-state index in [1.807, 2.05) is 13.8 Å². The van der Waals surface area contributed by atoms with E-state index in [1.165, 1.54) is 43.2 Å². The molecule has 0 saturated heterocycles. The van der Waals surface area contributed by atoms with Crippen LogP contribution in [-0.2, 0) is 14.3 Å². The first-order valence-corrected chi connectivity index (χ1v) is 11.9. The van der Waals surface area contributed by atoms with Crippen LogP contribution in [0.1, 0.15) is 37.2 Å². The van der Waals surface area contributed by atoms with Gasteiger partial charge in [-0.1, -0.05) is 26.0 Å². The summed E-state index contributed by atoms with van der Waals surface area (Å²) in [7, 11) is 2.68. The Labute approximate surface area is 219 Å². The molecule has 0 bridgehead atoms. The zero-order valence-corrected chi connectivity index (χ0v) is 21.6. The standard InChI is InChI=1S/C27H30FN3O7/c1-16(2)11-18(13-24(32)33)29-27(35)20-14-21(31(30-20)19-8-5-7-17(28)12-19)26-22(36-3)9-6-10-23(26)38-15-25(34)37-4/h5-10,12,14,16,18H,11,13,15H2,1-4H3,(H,29,35)(H,32,33). The van der Waals surface area contributed by atoms with Crippen molar-refractivity contribution in [2.75, 3.05) is 20.8 Å². The number of carboxylic acid groups (broad SMARTS) is 1. The number of esters is 1. The first-order chi connectivity index (χ1) is 18.1. The van der Waals surface area contributed by atoms with Gasteiger partial charge in [-0.05, 0) is 48.7 Å². The Morgan fingerprint density at radius 3 is 2.42 bits per heavy atom. The summed E-state index contributed by atoms with van der Waals surface area (Å²) in [5, 5.41) is 16.5. The maximum Gasteiger partial charge on any atom is 0.343 e. The molecule has 1 atom stereocenters. The third-order valence-electron chi connectivity index (χ3n) is 5.54. The van der Waals surface area contributed by atoms with Crippen LogP contribution >= 0.6 is 0 Å². The zero-order chi connectivity index (χ0) is 27.8. The van der Waals surface area contributed by atoms with Gasteiger partial charge >= 0.3 is 11.9 Å². The SMILES string of the molecule is COC(=O)COc1cccc(OC)c1-c1cc(C(=O)NC(CC(=O)O)CC(C)C)nn1-c1cccc(F)c1. The van der Waals surface area contributed by atoms with Crippen molar-refractivity contribution in [3.8, 4) is 28.4 Å². The lowest BCUT2D eigenvalue weighted by Crippen LogP contribution is -2.37. The molecule has 202 valence electrons. The van der Waals surface area contributed by atoms with Crippen LogP contribution in [0.2, 0.25) is 0 Å². The van der Waals surface area contributed by atoms with E-state index >= 15 is 0 Å².